The van der Waals surface area contributed by atoms with Crippen LogP contribution in [0.15, 0.2) is 29.3 Å². The molecule has 1 saturated heterocycles. The van der Waals surface area contributed by atoms with Crippen molar-refractivity contribution in [2.24, 2.45) is 5.92 Å². The first-order valence-corrected chi connectivity index (χ1v) is 8.96. The highest BCUT2D eigenvalue weighted by Gasteiger charge is 2.31. The second-order valence-electron chi connectivity index (χ2n) is 6.34. The lowest BCUT2D eigenvalue weighted by Gasteiger charge is -2.36. The number of piperidine rings is 1. The number of hydrogen-bond donors (Lipinski definition) is 0. The summed E-state index contributed by atoms with van der Waals surface area (Å²) in [6.45, 7) is 5.83. The third kappa shape index (κ3) is 3.38. The number of carbonyl (C=O) groups is 2. The molecule has 1 aromatic rings. The molecule has 1 fully saturated rings. The van der Waals surface area contributed by atoms with Crippen molar-refractivity contribution in [3.63, 3.8) is 0 Å². The van der Waals surface area contributed by atoms with Crippen LogP contribution in [0, 0.1) is 11.7 Å². The Morgan fingerprint density at radius 3 is 2.58 bits per heavy atom. The molecule has 3 rings (SSSR count). The fourth-order valence-corrected chi connectivity index (χ4v) is 4.10. The molecule has 2 aliphatic rings. The average Bonchev–Trinajstić information content (AvgIpc) is 2.60. The predicted octanol–water partition coefficient (Wildman–Crippen LogP) is 2.90. The summed E-state index contributed by atoms with van der Waals surface area (Å²) in [4.78, 5) is 28.0. The van der Waals surface area contributed by atoms with Gasteiger partial charge in [-0.2, -0.15) is 0 Å². The largest absolute Gasteiger partial charge is 0.339 e. The van der Waals surface area contributed by atoms with Gasteiger partial charge in [0.15, 0.2) is 0 Å². The van der Waals surface area contributed by atoms with Gasteiger partial charge in [-0.15, -0.1) is 0 Å². The number of nitrogens with zero attached hydrogens (tertiary/aromatic N) is 2. The van der Waals surface area contributed by atoms with Crippen molar-refractivity contribution < 1.29 is 14.0 Å². The molecule has 4 nitrogen and oxygen atoms in total. The molecule has 2 aliphatic heterocycles. The molecular weight excluding hydrogens is 375 g/mol. The minimum Gasteiger partial charge on any atom is -0.339 e. The molecule has 0 radical (unpaired) electrons. The summed E-state index contributed by atoms with van der Waals surface area (Å²) >= 11 is 3.41. The summed E-state index contributed by atoms with van der Waals surface area (Å²) < 4.78 is 14.2. The molecular formula is C18H20BrFN2O2. The van der Waals surface area contributed by atoms with Crippen LogP contribution in [-0.4, -0.2) is 41.2 Å². The maximum Gasteiger partial charge on any atom is 0.245 e. The van der Waals surface area contributed by atoms with Gasteiger partial charge in [0, 0.05) is 36.6 Å². The quantitative estimate of drug-likeness (QED) is 0.723. The molecule has 6 heteroatoms. The summed E-state index contributed by atoms with van der Waals surface area (Å²) in [6.07, 6.45) is 3.37. The molecule has 1 aromatic carbocycles. The molecule has 128 valence electrons. The van der Waals surface area contributed by atoms with Crippen LogP contribution in [0.3, 0.4) is 0 Å². The Bertz CT molecular complexity index is 684. The van der Waals surface area contributed by atoms with Crippen molar-refractivity contribution in [1.82, 2.24) is 9.80 Å². The van der Waals surface area contributed by atoms with Crippen LogP contribution in [0.25, 0.3) is 0 Å². The highest BCUT2D eigenvalue weighted by atomic mass is 79.9. The number of rotatable bonds is 2. The first kappa shape index (κ1) is 17.1. The fraction of sp³-hybridized carbons (Fsp3) is 0.444. The average molecular weight is 395 g/mol. The van der Waals surface area contributed by atoms with Crippen molar-refractivity contribution in [3.8, 4) is 0 Å². The van der Waals surface area contributed by atoms with Gasteiger partial charge in [-0.25, -0.2) is 4.39 Å². The molecule has 0 saturated carbocycles. The van der Waals surface area contributed by atoms with E-state index in [2.05, 4.69) is 22.5 Å². The van der Waals surface area contributed by atoms with Crippen LogP contribution in [0.5, 0.6) is 0 Å². The third-order valence-electron chi connectivity index (χ3n) is 4.89. The van der Waals surface area contributed by atoms with E-state index in [9.17, 15) is 14.0 Å². The fourth-order valence-electron chi connectivity index (χ4n) is 3.50. The monoisotopic (exact) mass is 394 g/mol. The van der Waals surface area contributed by atoms with Gasteiger partial charge in [0.05, 0.1) is 0 Å². The van der Waals surface area contributed by atoms with Crippen LogP contribution < -0.4 is 0 Å². The molecule has 24 heavy (non-hydrogen) atoms. The number of halogens is 2. The van der Waals surface area contributed by atoms with Gasteiger partial charge in [-0.3, -0.25) is 9.59 Å². The number of carbonyl (C=O) groups excluding carboxylic acids is 2. The molecule has 0 N–H and O–H groups in total. The van der Waals surface area contributed by atoms with E-state index in [1.807, 2.05) is 4.90 Å². The Balaban J connectivity index is 1.65. The highest BCUT2D eigenvalue weighted by Crippen LogP contribution is 2.30. The molecule has 0 aliphatic carbocycles. The zero-order valence-electron chi connectivity index (χ0n) is 13.4. The van der Waals surface area contributed by atoms with Gasteiger partial charge in [0.1, 0.15) is 5.82 Å². The first-order valence-electron chi connectivity index (χ1n) is 8.16. The SMILES string of the molecule is C=CC(=O)N1CCC(C(=O)N2CCc3cc(F)cc(Br)c3C2)CC1. The highest BCUT2D eigenvalue weighted by molar-refractivity contribution is 9.10. The zero-order chi connectivity index (χ0) is 17.3. The number of likely N-dealkylation sites (tertiary alicyclic amines) is 1. The number of fused-ring (bicyclic) bond motifs is 1. The van der Waals surface area contributed by atoms with Gasteiger partial charge in [0.2, 0.25) is 11.8 Å². The molecule has 2 heterocycles. The van der Waals surface area contributed by atoms with Crippen LogP contribution >= 0.6 is 15.9 Å². The van der Waals surface area contributed by atoms with E-state index in [4.69, 9.17) is 0 Å². The molecule has 0 bridgehead atoms. The Morgan fingerprint density at radius 2 is 1.92 bits per heavy atom. The molecule has 0 unspecified atom stereocenters. The van der Waals surface area contributed by atoms with Gasteiger partial charge in [0.25, 0.3) is 0 Å². The first-order chi connectivity index (χ1) is 11.5. The lowest BCUT2D eigenvalue weighted by molar-refractivity contribution is -0.140. The van der Waals surface area contributed by atoms with E-state index in [-0.39, 0.29) is 23.5 Å². The zero-order valence-corrected chi connectivity index (χ0v) is 15.0. The summed E-state index contributed by atoms with van der Waals surface area (Å²) in [7, 11) is 0. The molecule has 0 aromatic heterocycles. The van der Waals surface area contributed by atoms with Crippen LogP contribution in [-0.2, 0) is 22.6 Å². The minimum atomic E-state index is -0.250. The number of hydrogen-bond acceptors (Lipinski definition) is 2. The third-order valence-corrected chi connectivity index (χ3v) is 5.60. The Hall–Kier alpha value is -1.69. The number of amides is 2. The van der Waals surface area contributed by atoms with E-state index in [1.54, 1.807) is 11.0 Å². The summed E-state index contributed by atoms with van der Waals surface area (Å²) in [5.41, 5.74) is 1.97. The second-order valence-corrected chi connectivity index (χ2v) is 7.19. The van der Waals surface area contributed by atoms with Crippen molar-refractivity contribution >= 4 is 27.7 Å². The van der Waals surface area contributed by atoms with Crippen LogP contribution in [0.1, 0.15) is 24.0 Å². The molecule has 0 spiro atoms. The lowest BCUT2D eigenvalue weighted by Crippen LogP contribution is -2.45. The Morgan fingerprint density at radius 1 is 1.21 bits per heavy atom. The van der Waals surface area contributed by atoms with Gasteiger partial charge < -0.3 is 9.80 Å². The Labute approximate surface area is 149 Å². The van der Waals surface area contributed by atoms with Crippen LogP contribution in [0.2, 0.25) is 0 Å². The van der Waals surface area contributed by atoms with Crippen molar-refractivity contribution in [2.75, 3.05) is 19.6 Å². The maximum absolute atomic E-state index is 13.5. The van der Waals surface area contributed by atoms with Crippen LogP contribution in [0.4, 0.5) is 4.39 Å². The number of benzene rings is 1. The smallest absolute Gasteiger partial charge is 0.245 e. The van der Waals surface area contributed by atoms with E-state index in [1.165, 1.54) is 12.1 Å². The standard InChI is InChI=1S/C18H20BrFN2O2/c1-2-17(23)21-6-3-12(4-7-21)18(24)22-8-5-13-9-14(20)10-16(19)15(13)11-22/h2,9-10,12H,1,3-8,11H2. The van der Waals surface area contributed by atoms with E-state index < -0.39 is 0 Å². The van der Waals surface area contributed by atoms with Gasteiger partial charge >= 0.3 is 0 Å². The Kier molecular flexibility index (Phi) is 5.04. The summed E-state index contributed by atoms with van der Waals surface area (Å²) in [5, 5.41) is 0. The molecule has 2 amide bonds. The van der Waals surface area contributed by atoms with E-state index >= 15 is 0 Å². The summed E-state index contributed by atoms with van der Waals surface area (Å²) in [5.74, 6) is -0.222. The normalized spacial score (nSPS) is 18.2. The minimum absolute atomic E-state index is 0.0420. The van der Waals surface area contributed by atoms with Gasteiger partial charge in [-0.1, -0.05) is 22.5 Å². The van der Waals surface area contributed by atoms with E-state index in [0.29, 0.717) is 45.4 Å². The maximum atomic E-state index is 13.5. The topological polar surface area (TPSA) is 40.6 Å². The van der Waals surface area contributed by atoms with Crippen molar-refractivity contribution in [1.29, 1.82) is 0 Å². The summed E-state index contributed by atoms with van der Waals surface area (Å²) in [6, 6.07) is 3.01. The van der Waals surface area contributed by atoms with Crippen molar-refractivity contribution in [2.45, 2.75) is 25.8 Å². The molecule has 0 atom stereocenters. The van der Waals surface area contributed by atoms with E-state index in [0.717, 1.165) is 15.6 Å². The lowest BCUT2D eigenvalue weighted by atomic mass is 9.93. The predicted molar refractivity (Wildman–Crippen MR) is 92.7 cm³/mol. The van der Waals surface area contributed by atoms with Gasteiger partial charge in [-0.05, 0) is 48.6 Å². The second kappa shape index (κ2) is 7.05. The van der Waals surface area contributed by atoms with Crippen molar-refractivity contribution in [3.05, 3.63) is 46.2 Å².